The van der Waals surface area contributed by atoms with Crippen molar-refractivity contribution in [3.63, 3.8) is 0 Å². The highest BCUT2D eigenvalue weighted by atomic mass is 32.2. The molecule has 3 aromatic carbocycles. The average Bonchev–Trinajstić information content (AvgIpc) is 2.84. The van der Waals surface area contributed by atoms with Crippen molar-refractivity contribution in [1.82, 2.24) is 5.43 Å². The van der Waals surface area contributed by atoms with E-state index in [0.717, 1.165) is 11.1 Å². The van der Waals surface area contributed by atoms with Crippen molar-refractivity contribution in [1.29, 1.82) is 0 Å². The summed E-state index contributed by atoms with van der Waals surface area (Å²) in [5, 5.41) is 3.96. The number of hydrogen-bond donors (Lipinski definition) is 2. The van der Waals surface area contributed by atoms with E-state index in [2.05, 4.69) is 21.8 Å². The Kier molecular flexibility index (Phi) is 8.27. The number of rotatable bonds is 10. The molecule has 0 aliphatic heterocycles. The Bertz CT molecular complexity index is 1370. The van der Waals surface area contributed by atoms with E-state index in [1.807, 2.05) is 26.0 Å². The van der Waals surface area contributed by atoms with Gasteiger partial charge in [-0.1, -0.05) is 36.4 Å². The van der Waals surface area contributed by atoms with Crippen LogP contribution < -0.4 is 19.6 Å². The summed E-state index contributed by atoms with van der Waals surface area (Å²) < 4.78 is 39.1. The number of carbonyl (C=O) groups excluding carboxylic acids is 1. The van der Waals surface area contributed by atoms with Gasteiger partial charge in [0.15, 0.2) is 11.5 Å². The molecule has 0 saturated heterocycles. The van der Waals surface area contributed by atoms with Crippen LogP contribution in [-0.2, 0) is 10.0 Å². The number of carbonyl (C=O) groups is 1. The van der Waals surface area contributed by atoms with Crippen molar-refractivity contribution in [2.45, 2.75) is 18.7 Å². The minimum Gasteiger partial charge on any atom is -0.493 e. The molecule has 0 aliphatic rings. The normalized spacial score (nSPS) is 11.2. The molecule has 0 unspecified atom stereocenters. The third kappa shape index (κ3) is 6.70. The van der Waals surface area contributed by atoms with E-state index in [-0.39, 0.29) is 10.5 Å². The first kappa shape index (κ1) is 25.5. The van der Waals surface area contributed by atoms with Gasteiger partial charge in [0.05, 0.1) is 23.9 Å². The molecule has 35 heavy (non-hydrogen) atoms. The second-order valence-electron chi connectivity index (χ2n) is 7.66. The van der Waals surface area contributed by atoms with Gasteiger partial charge in [0.1, 0.15) is 6.61 Å². The first-order valence-corrected chi connectivity index (χ1v) is 12.2. The van der Waals surface area contributed by atoms with Crippen molar-refractivity contribution in [3.8, 4) is 11.5 Å². The number of anilines is 1. The van der Waals surface area contributed by atoms with Crippen molar-refractivity contribution in [2.24, 2.45) is 5.10 Å². The van der Waals surface area contributed by atoms with E-state index in [4.69, 9.17) is 9.47 Å². The summed E-state index contributed by atoms with van der Waals surface area (Å²) in [5.74, 6) is 0.514. The van der Waals surface area contributed by atoms with Crippen LogP contribution in [0.4, 0.5) is 5.69 Å². The van der Waals surface area contributed by atoms with Crippen LogP contribution in [0.2, 0.25) is 0 Å². The van der Waals surface area contributed by atoms with Gasteiger partial charge in [-0.25, -0.2) is 13.8 Å². The summed E-state index contributed by atoms with van der Waals surface area (Å²) in [6, 6.07) is 16.3. The van der Waals surface area contributed by atoms with Crippen LogP contribution in [0.25, 0.3) is 0 Å². The maximum Gasteiger partial charge on any atom is 0.271 e. The third-order valence-electron chi connectivity index (χ3n) is 4.96. The highest BCUT2D eigenvalue weighted by molar-refractivity contribution is 7.92. The number of aryl methyl sites for hydroxylation is 2. The predicted molar refractivity (Wildman–Crippen MR) is 137 cm³/mol. The lowest BCUT2D eigenvalue weighted by Crippen LogP contribution is -2.19. The van der Waals surface area contributed by atoms with E-state index < -0.39 is 15.9 Å². The molecule has 0 fully saturated rings. The Morgan fingerprint density at radius 3 is 2.57 bits per heavy atom. The van der Waals surface area contributed by atoms with Gasteiger partial charge >= 0.3 is 0 Å². The minimum atomic E-state index is -3.89. The molecule has 1 amide bonds. The number of methoxy groups -OCH3 is 1. The molecule has 0 radical (unpaired) electrons. The average molecular weight is 494 g/mol. The molecule has 9 heteroatoms. The number of hydrogen-bond acceptors (Lipinski definition) is 6. The molecule has 0 bridgehead atoms. The number of nitrogens with one attached hydrogen (secondary N) is 2. The van der Waals surface area contributed by atoms with Gasteiger partial charge in [-0.15, -0.1) is 0 Å². The maximum absolute atomic E-state index is 12.9. The topological polar surface area (TPSA) is 106 Å². The zero-order valence-electron chi connectivity index (χ0n) is 19.7. The van der Waals surface area contributed by atoms with Crippen LogP contribution >= 0.6 is 0 Å². The summed E-state index contributed by atoms with van der Waals surface area (Å²) >= 11 is 0. The number of nitrogens with zero attached hydrogens (tertiary/aromatic N) is 1. The standard InChI is InChI=1S/C26H27N3O5S/c1-5-13-34-24-12-10-20(15-25(24)33-4)17-27-28-26(30)21-7-6-8-22(16-21)35(31,32)29-23-11-9-18(2)14-19(23)3/h5-12,14-17,29H,1,13H2,2-4H3,(H,28,30)/b27-17+. The van der Waals surface area contributed by atoms with Crippen LogP contribution in [0.5, 0.6) is 11.5 Å². The molecular formula is C26H27N3O5S. The van der Waals surface area contributed by atoms with E-state index in [1.54, 1.807) is 30.3 Å². The molecule has 3 rings (SSSR count). The second kappa shape index (κ2) is 11.3. The zero-order chi connectivity index (χ0) is 25.4. The zero-order valence-corrected chi connectivity index (χ0v) is 20.6. The van der Waals surface area contributed by atoms with E-state index in [0.29, 0.717) is 29.4 Å². The molecule has 0 spiro atoms. The number of amides is 1. The van der Waals surface area contributed by atoms with Gasteiger partial charge in [0, 0.05) is 5.56 Å². The first-order chi connectivity index (χ1) is 16.7. The van der Waals surface area contributed by atoms with Crippen LogP contribution in [0.3, 0.4) is 0 Å². The second-order valence-corrected chi connectivity index (χ2v) is 9.34. The number of ether oxygens (including phenoxy) is 2. The highest BCUT2D eigenvalue weighted by Crippen LogP contribution is 2.27. The third-order valence-corrected chi connectivity index (χ3v) is 6.32. The fourth-order valence-corrected chi connectivity index (χ4v) is 4.37. The quantitative estimate of drug-likeness (QED) is 0.247. The molecule has 182 valence electrons. The Labute approximate surface area is 205 Å². The fourth-order valence-electron chi connectivity index (χ4n) is 3.20. The van der Waals surface area contributed by atoms with Crippen molar-refractivity contribution >= 4 is 27.8 Å². The summed E-state index contributed by atoms with van der Waals surface area (Å²) in [5.41, 5.74) is 5.53. The summed E-state index contributed by atoms with van der Waals surface area (Å²) in [6.45, 7) is 7.71. The lowest BCUT2D eigenvalue weighted by molar-refractivity contribution is 0.0955. The van der Waals surface area contributed by atoms with Crippen LogP contribution in [-0.4, -0.2) is 34.3 Å². The Hall–Kier alpha value is -4.11. The predicted octanol–water partition coefficient (Wildman–Crippen LogP) is 4.44. The summed E-state index contributed by atoms with van der Waals surface area (Å²) in [6.07, 6.45) is 3.07. The number of sulfonamides is 1. The van der Waals surface area contributed by atoms with Crippen LogP contribution in [0.1, 0.15) is 27.0 Å². The Balaban J connectivity index is 1.71. The van der Waals surface area contributed by atoms with Gasteiger partial charge in [0.2, 0.25) is 0 Å². The largest absolute Gasteiger partial charge is 0.493 e. The van der Waals surface area contributed by atoms with Crippen molar-refractivity contribution in [3.05, 3.63) is 95.6 Å². The lowest BCUT2D eigenvalue weighted by Gasteiger charge is -2.12. The van der Waals surface area contributed by atoms with Gasteiger partial charge in [0.25, 0.3) is 15.9 Å². The first-order valence-electron chi connectivity index (χ1n) is 10.7. The summed E-state index contributed by atoms with van der Waals surface area (Å²) in [7, 11) is -2.36. The van der Waals surface area contributed by atoms with E-state index >= 15 is 0 Å². The van der Waals surface area contributed by atoms with Gasteiger partial charge < -0.3 is 9.47 Å². The smallest absolute Gasteiger partial charge is 0.271 e. The van der Waals surface area contributed by atoms with E-state index in [1.165, 1.54) is 37.6 Å². The van der Waals surface area contributed by atoms with Crippen LogP contribution in [0.15, 0.2) is 83.3 Å². The molecular weight excluding hydrogens is 466 g/mol. The monoisotopic (exact) mass is 493 g/mol. The van der Waals surface area contributed by atoms with Crippen LogP contribution in [0, 0.1) is 13.8 Å². The molecule has 0 saturated carbocycles. The molecule has 2 N–H and O–H groups in total. The maximum atomic E-state index is 12.9. The highest BCUT2D eigenvalue weighted by Gasteiger charge is 2.17. The van der Waals surface area contributed by atoms with E-state index in [9.17, 15) is 13.2 Å². The fraction of sp³-hybridized carbons (Fsp3) is 0.154. The molecule has 0 atom stereocenters. The van der Waals surface area contributed by atoms with Gasteiger partial charge in [-0.3, -0.25) is 9.52 Å². The minimum absolute atomic E-state index is 0.0334. The van der Waals surface area contributed by atoms with Crippen molar-refractivity contribution in [2.75, 3.05) is 18.4 Å². The molecule has 0 aromatic heterocycles. The number of benzene rings is 3. The SMILES string of the molecule is C=CCOc1ccc(/C=N/NC(=O)c2cccc(S(=O)(=O)Nc3ccc(C)cc3C)c2)cc1OC. The Morgan fingerprint density at radius 2 is 1.86 bits per heavy atom. The van der Waals surface area contributed by atoms with Gasteiger partial charge in [-0.2, -0.15) is 5.10 Å². The Morgan fingerprint density at radius 1 is 1.06 bits per heavy atom. The molecule has 0 aliphatic carbocycles. The molecule has 8 nitrogen and oxygen atoms in total. The van der Waals surface area contributed by atoms with Crippen molar-refractivity contribution < 1.29 is 22.7 Å². The lowest BCUT2D eigenvalue weighted by atomic mass is 10.1. The summed E-state index contributed by atoms with van der Waals surface area (Å²) in [4.78, 5) is 12.5. The number of hydrazone groups is 1. The molecule has 0 heterocycles. The molecule has 3 aromatic rings. The van der Waals surface area contributed by atoms with Gasteiger partial charge in [-0.05, 0) is 67.4 Å².